The van der Waals surface area contributed by atoms with Crippen molar-refractivity contribution < 1.29 is 5.11 Å². The van der Waals surface area contributed by atoms with Crippen LogP contribution in [0.15, 0.2) is 0 Å². The predicted molar refractivity (Wildman–Crippen MR) is 73.8 cm³/mol. The van der Waals surface area contributed by atoms with Crippen molar-refractivity contribution in [2.75, 3.05) is 0 Å². The molecular weight excluding hydrogens is 248 g/mol. The third-order valence-corrected chi connectivity index (χ3v) is 4.51. The number of aliphatic hydroxyl groups is 1. The fourth-order valence-corrected chi connectivity index (χ4v) is 3.82. The summed E-state index contributed by atoms with van der Waals surface area (Å²) in [6.07, 6.45) is 3.56. The molecule has 0 aromatic carbocycles. The van der Waals surface area contributed by atoms with E-state index in [0.717, 1.165) is 24.1 Å². The SMILES string of the molecule is Cc1nn(C)c(Cl)c1CC1(O)CC(C)CC(C)C1. The van der Waals surface area contributed by atoms with Crippen LogP contribution >= 0.6 is 11.6 Å². The highest BCUT2D eigenvalue weighted by atomic mass is 35.5. The maximum atomic E-state index is 10.8. The summed E-state index contributed by atoms with van der Waals surface area (Å²) in [7, 11) is 1.84. The van der Waals surface area contributed by atoms with Gasteiger partial charge in [0.2, 0.25) is 0 Å². The number of hydrogen-bond acceptors (Lipinski definition) is 2. The van der Waals surface area contributed by atoms with Crippen LogP contribution in [0.2, 0.25) is 5.15 Å². The van der Waals surface area contributed by atoms with E-state index in [0.29, 0.717) is 23.4 Å². The first-order chi connectivity index (χ1) is 8.31. The Balaban J connectivity index is 2.21. The van der Waals surface area contributed by atoms with Crippen molar-refractivity contribution in [2.45, 2.75) is 52.1 Å². The molecule has 1 aromatic heterocycles. The summed E-state index contributed by atoms with van der Waals surface area (Å²) in [5, 5.41) is 15.8. The third-order valence-electron chi connectivity index (χ3n) is 4.04. The maximum Gasteiger partial charge on any atom is 0.130 e. The molecular formula is C14H23ClN2O. The Kier molecular flexibility index (Phi) is 3.75. The monoisotopic (exact) mass is 270 g/mol. The van der Waals surface area contributed by atoms with E-state index in [9.17, 15) is 5.11 Å². The van der Waals surface area contributed by atoms with E-state index in [1.165, 1.54) is 6.42 Å². The fourth-order valence-electron chi connectivity index (χ4n) is 3.58. The molecule has 1 aliphatic rings. The molecule has 4 heteroatoms. The van der Waals surface area contributed by atoms with E-state index in [2.05, 4.69) is 18.9 Å². The van der Waals surface area contributed by atoms with E-state index in [4.69, 9.17) is 11.6 Å². The molecule has 0 spiro atoms. The Morgan fingerprint density at radius 3 is 2.39 bits per heavy atom. The van der Waals surface area contributed by atoms with Crippen LogP contribution < -0.4 is 0 Å². The Morgan fingerprint density at radius 1 is 1.39 bits per heavy atom. The van der Waals surface area contributed by atoms with Crippen LogP contribution in [0.4, 0.5) is 0 Å². The number of halogens is 1. The minimum Gasteiger partial charge on any atom is -0.390 e. The van der Waals surface area contributed by atoms with Crippen LogP contribution in [-0.2, 0) is 13.5 Å². The molecule has 2 atom stereocenters. The summed E-state index contributed by atoms with van der Waals surface area (Å²) >= 11 is 6.26. The molecule has 2 rings (SSSR count). The molecule has 1 fully saturated rings. The lowest BCUT2D eigenvalue weighted by molar-refractivity contribution is -0.0305. The number of rotatable bonds is 2. The van der Waals surface area contributed by atoms with Crippen molar-refractivity contribution >= 4 is 11.6 Å². The molecule has 1 aromatic rings. The summed E-state index contributed by atoms with van der Waals surface area (Å²) in [5.74, 6) is 1.16. The molecule has 3 nitrogen and oxygen atoms in total. The van der Waals surface area contributed by atoms with Gasteiger partial charge in [0.25, 0.3) is 0 Å². The number of nitrogens with zero attached hydrogens (tertiary/aromatic N) is 2. The van der Waals surface area contributed by atoms with Crippen LogP contribution in [0.1, 0.15) is 44.4 Å². The molecule has 0 radical (unpaired) electrons. The number of hydrogen-bond donors (Lipinski definition) is 1. The minimum atomic E-state index is -0.617. The van der Waals surface area contributed by atoms with E-state index >= 15 is 0 Å². The van der Waals surface area contributed by atoms with Crippen molar-refractivity contribution in [2.24, 2.45) is 18.9 Å². The van der Waals surface area contributed by atoms with Crippen LogP contribution in [0.5, 0.6) is 0 Å². The second kappa shape index (κ2) is 4.86. The smallest absolute Gasteiger partial charge is 0.130 e. The Hall–Kier alpha value is -0.540. The summed E-state index contributed by atoms with van der Waals surface area (Å²) in [5.41, 5.74) is 1.32. The second-order valence-corrected chi connectivity index (χ2v) is 6.59. The van der Waals surface area contributed by atoms with Gasteiger partial charge in [-0.2, -0.15) is 5.10 Å². The highest BCUT2D eigenvalue weighted by Gasteiger charge is 2.37. The van der Waals surface area contributed by atoms with Gasteiger partial charge in [-0.05, 0) is 38.0 Å². The highest BCUT2D eigenvalue weighted by Crippen LogP contribution is 2.39. The Bertz CT molecular complexity index is 431. The van der Waals surface area contributed by atoms with Crippen LogP contribution in [0.25, 0.3) is 0 Å². The van der Waals surface area contributed by atoms with Gasteiger partial charge in [0.05, 0.1) is 11.3 Å². The van der Waals surface area contributed by atoms with Gasteiger partial charge >= 0.3 is 0 Å². The molecule has 0 saturated heterocycles. The topological polar surface area (TPSA) is 38.0 Å². The van der Waals surface area contributed by atoms with Gasteiger partial charge in [0.1, 0.15) is 5.15 Å². The lowest BCUT2D eigenvalue weighted by atomic mass is 9.71. The maximum absolute atomic E-state index is 10.8. The molecule has 102 valence electrons. The quantitative estimate of drug-likeness (QED) is 0.897. The molecule has 1 N–H and O–H groups in total. The first-order valence-corrected chi connectivity index (χ1v) is 7.09. The molecule has 0 amide bonds. The van der Waals surface area contributed by atoms with Gasteiger partial charge in [-0.1, -0.05) is 25.4 Å². The predicted octanol–water partition coefficient (Wildman–Crippen LogP) is 3.11. The Morgan fingerprint density at radius 2 is 1.94 bits per heavy atom. The Labute approximate surface area is 114 Å². The summed E-state index contributed by atoms with van der Waals surface area (Å²) in [6, 6.07) is 0. The first-order valence-electron chi connectivity index (χ1n) is 6.71. The average molecular weight is 271 g/mol. The summed E-state index contributed by atoms with van der Waals surface area (Å²) in [6.45, 7) is 6.40. The molecule has 2 unspecified atom stereocenters. The standard InChI is InChI=1S/C14H23ClN2O/c1-9-5-10(2)7-14(18,6-9)8-12-11(3)16-17(4)13(12)15/h9-10,18H,5-8H2,1-4H3. The van der Waals surface area contributed by atoms with Gasteiger partial charge < -0.3 is 5.11 Å². The highest BCUT2D eigenvalue weighted by molar-refractivity contribution is 6.30. The van der Waals surface area contributed by atoms with Crippen molar-refractivity contribution in [1.82, 2.24) is 9.78 Å². The van der Waals surface area contributed by atoms with E-state index in [-0.39, 0.29) is 0 Å². The number of aromatic nitrogens is 2. The zero-order valence-corrected chi connectivity index (χ0v) is 12.5. The molecule has 1 heterocycles. The largest absolute Gasteiger partial charge is 0.390 e. The van der Waals surface area contributed by atoms with E-state index in [1.54, 1.807) is 4.68 Å². The molecule has 1 saturated carbocycles. The lowest BCUT2D eigenvalue weighted by Crippen LogP contribution is -2.40. The zero-order valence-electron chi connectivity index (χ0n) is 11.7. The van der Waals surface area contributed by atoms with Crippen LogP contribution in [0, 0.1) is 18.8 Å². The van der Waals surface area contributed by atoms with Gasteiger partial charge in [0, 0.05) is 19.0 Å². The van der Waals surface area contributed by atoms with E-state index in [1.807, 2.05) is 14.0 Å². The fraction of sp³-hybridized carbons (Fsp3) is 0.786. The van der Waals surface area contributed by atoms with E-state index < -0.39 is 5.60 Å². The third kappa shape index (κ3) is 2.72. The minimum absolute atomic E-state index is 0.578. The summed E-state index contributed by atoms with van der Waals surface area (Å²) < 4.78 is 1.69. The van der Waals surface area contributed by atoms with Gasteiger partial charge in [-0.3, -0.25) is 4.68 Å². The van der Waals surface area contributed by atoms with Crippen molar-refractivity contribution in [3.05, 3.63) is 16.4 Å². The lowest BCUT2D eigenvalue weighted by Gasteiger charge is -2.39. The second-order valence-electron chi connectivity index (χ2n) is 6.23. The van der Waals surface area contributed by atoms with Crippen molar-refractivity contribution in [1.29, 1.82) is 0 Å². The average Bonchev–Trinajstić information content (AvgIpc) is 2.42. The van der Waals surface area contributed by atoms with Crippen LogP contribution in [-0.4, -0.2) is 20.5 Å². The van der Waals surface area contributed by atoms with Crippen molar-refractivity contribution in [3.8, 4) is 0 Å². The zero-order chi connectivity index (χ0) is 13.5. The normalized spacial score (nSPS) is 32.8. The van der Waals surface area contributed by atoms with Gasteiger partial charge in [-0.25, -0.2) is 0 Å². The molecule has 18 heavy (non-hydrogen) atoms. The summed E-state index contributed by atoms with van der Waals surface area (Å²) in [4.78, 5) is 0. The van der Waals surface area contributed by atoms with Gasteiger partial charge in [0.15, 0.2) is 0 Å². The molecule has 1 aliphatic carbocycles. The van der Waals surface area contributed by atoms with Crippen LogP contribution in [0.3, 0.4) is 0 Å². The molecule has 0 bridgehead atoms. The number of aryl methyl sites for hydroxylation is 2. The first kappa shape index (κ1) is 13.9. The van der Waals surface area contributed by atoms with Gasteiger partial charge in [-0.15, -0.1) is 0 Å². The molecule has 0 aliphatic heterocycles. The van der Waals surface area contributed by atoms with Crippen molar-refractivity contribution in [3.63, 3.8) is 0 Å².